The summed E-state index contributed by atoms with van der Waals surface area (Å²) in [6.45, 7) is 6.26. The molecule has 0 atom stereocenters. The summed E-state index contributed by atoms with van der Waals surface area (Å²) in [4.78, 5) is 14.1. The number of nitrogens with zero attached hydrogens (tertiary/aromatic N) is 2. The minimum Gasteiger partial charge on any atom is -0.341 e. The number of hydrogen-bond acceptors (Lipinski definition) is 2. The Bertz CT molecular complexity index is 296. The molecule has 0 aromatic heterocycles. The molecule has 1 fully saturated rings. The van der Waals surface area contributed by atoms with Crippen LogP contribution in [0.4, 0.5) is 0 Å². The van der Waals surface area contributed by atoms with Gasteiger partial charge in [0.2, 0.25) is 5.91 Å². The Morgan fingerprint density at radius 3 is 2.31 bits per heavy atom. The molecule has 0 radical (unpaired) electrons. The van der Waals surface area contributed by atoms with Gasteiger partial charge in [-0.2, -0.15) is 5.26 Å². The molecule has 3 nitrogen and oxygen atoms in total. The first kappa shape index (κ1) is 13.0. The van der Waals surface area contributed by atoms with E-state index in [2.05, 4.69) is 26.8 Å². The molecule has 1 saturated carbocycles. The molecule has 0 aliphatic heterocycles. The van der Waals surface area contributed by atoms with Crippen LogP contribution in [0.1, 0.15) is 46.5 Å². The lowest BCUT2D eigenvalue weighted by Crippen LogP contribution is -2.51. The van der Waals surface area contributed by atoms with Crippen LogP contribution in [0.25, 0.3) is 0 Å². The summed E-state index contributed by atoms with van der Waals surface area (Å²) in [6.07, 6.45) is 3.37. The van der Waals surface area contributed by atoms with Crippen LogP contribution in [-0.4, -0.2) is 23.9 Å². The second-order valence-corrected chi connectivity index (χ2v) is 5.09. The maximum Gasteiger partial charge on any atom is 0.243 e. The van der Waals surface area contributed by atoms with Crippen molar-refractivity contribution in [3.05, 3.63) is 0 Å². The molecule has 16 heavy (non-hydrogen) atoms. The number of nitriles is 1. The van der Waals surface area contributed by atoms with Crippen molar-refractivity contribution in [2.24, 2.45) is 11.3 Å². The van der Waals surface area contributed by atoms with Crippen molar-refractivity contribution in [1.82, 2.24) is 4.90 Å². The van der Waals surface area contributed by atoms with Gasteiger partial charge in [-0.15, -0.1) is 0 Å². The van der Waals surface area contributed by atoms with E-state index in [4.69, 9.17) is 0 Å². The van der Waals surface area contributed by atoms with Crippen LogP contribution in [0.15, 0.2) is 0 Å². The highest BCUT2D eigenvalue weighted by atomic mass is 16.2. The molecule has 90 valence electrons. The minimum atomic E-state index is -0.712. The lowest BCUT2D eigenvalue weighted by atomic mass is 9.62. The third-order valence-corrected chi connectivity index (χ3v) is 3.83. The molecule has 0 aromatic carbocycles. The molecule has 0 saturated heterocycles. The number of rotatable bonds is 4. The average Bonchev–Trinajstić information content (AvgIpc) is 2.25. The Kier molecular flexibility index (Phi) is 3.96. The van der Waals surface area contributed by atoms with Gasteiger partial charge in [0.25, 0.3) is 0 Å². The molecule has 0 bridgehead atoms. The first-order valence-corrected chi connectivity index (χ1v) is 6.19. The van der Waals surface area contributed by atoms with E-state index in [1.165, 1.54) is 0 Å². The normalized spacial score (nSPS) is 28.4. The van der Waals surface area contributed by atoms with Crippen molar-refractivity contribution in [2.45, 2.75) is 52.5 Å². The van der Waals surface area contributed by atoms with Crippen molar-refractivity contribution in [3.63, 3.8) is 0 Å². The second-order valence-electron chi connectivity index (χ2n) is 5.09. The molecule has 0 heterocycles. The molecule has 0 spiro atoms. The summed E-state index contributed by atoms with van der Waals surface area (Å²) < 4.78 is 0. The van der Waals surface area contributed by atoms with Gasteiger partial charge in [-0.25, -0.2) is 0 Å². The topological polar surface area (TPSA) is 44.1 Å². The van der Waals surface area contributed by atoms with Gasteiger partial charge in [0.15, 0.2) is 0 Å². The number of carbonyl (C=O) groups excluding carboxylic acids is 1. The van der Waals surface area contributed by atoms with Crippen LogP contribution in [0, 0.1) is 22.7 Å². The zero-order valence-corrected chi connectivity index (χ0v) is 10.8. The Labute approximate surface area is 98.4 Å². The summed E-state index contributed by atoms with van der Waals surface area (Å²) in [5.41, 5.74) is -0.712. The maximum atomic E-state index is 12.3. The van der Waals surface area contributed by atoms with E-state index in [1.54, 1.807) is 4.90 Å². The van der Waals surface area contributed by atoms with Gasteiger partial charge < -0.3 is 4.90 Å². The summed E-state index contributed by atoms with van der Waals surface area (Å²) in [7, 11) is 1.84. The minimum absolute atomic E-state index is 0.0294. The second kappa shape index (κ2) is 4.86. The van der Waals surface area contributed by atoms with E-state index < -0.39 is 5.41 Å². The monoisotopic (exact) mass is 222 g/mol. The predicted molar refractivity (Wildman–Crippen MR) is 63.6 cm³/mol. The van der Waals surface area contributed by atoms with Crippen molar-refractivity contribution in [1.29, 1.82) is 5.26 Å². The van der Waals surface area contributed by atoms with Gasteiger partial charge in [-0.1, -0.05) is 20.8 Å². The van der Waals surface area contributed by atoms with Crippen molar-refractivity contribution < 1.29 is 4.79 Å². The average molecular weight is 222 g/mol. The van der Waals surface area contributed by atoms with Gasteiger partial charge in [0.05, 0.1) is 6.07 Å². The molecular formula is C13H22N2O. The lowest BCUT2D eigenvalue weighted by molar-refractivity contribution is -0.146. The van der Waals surface area contributed by atoms with Crippen molar-refractivity contribution in [3.8, 4) is 6.07 Å². The molecule has 0 N–H and O–H groups in total. The molecule has 1 amide bonds. The van der Waals surface area contributed by atoms with E-state index in [9.17, 15) is 10.1 Å². The number of carbonyl (C=O) groups is 1. The van der Waals surface area contributed by atoms with Gasteiger partial charge >= 0.3 is 0 Å². The first-order valence-electron chi connectivity index (χ1n) is 6.19. The number of hydrogen-bond donors (Lipinski definition) is 0. The molecule has 1 aliphatic rings. The molecule has 0 unspecified atom stereocenters. The Hall–Kier alpha value is -1.04. The third-order valence-electron chi connectivity index (χ3n) is 3.83. The van der Waals surface area contributed by atoms with Gasteiger partial charge in [0.1, 0.15) is 5.41 Å². The van der Waals surface area contributed by atoms with Crippen LogP contribution < -0.4 is 0 Å². The van der Waals surface area contributed by atoms with E-state index >= 15 is 0 Å². The van der Waals surface area contributed by atoms with Gasteiger partial charge in [-0.3, -0.25) is 4.79 Å². The van der Waals surface area contributed by atoms with Crippen LogP contribution in [0.2, 0.25) is 0 Å². The molecule has 1 rings (SSSR count). The fraction of sp³-hybridized carbons (Fsp3) is 0.846. The van der Waals surface area contributed by atoms with Crippen LogP contribution in [0.3, 0.4) is 0 Å². The van der Waals surface area contributed by atoms with Gasteiger partial charge in [-0.05, 0) is 31.6 Å². The standard InChI is InChI=1S/C13H22N2O/c1-5-11(6-2)15(4)12(16)13(9-14)7-10(3)8-13/h10-11H,5-8H2,1-4H3. The molecular weight excluding hydrogens is 200 g/mol. The molecule has 1 aliphatic carbocycles. The smallest absolute Gasteiger partial charge is 0.243 e. The fourth-order valence-electron chi connectivity index (χ4n) is 2.78. The Morgan fingerprint density at radius 2 is 2.00 bits per heavy atom. The Morgan fingerprint density at radius 1 is 1.50 bits per heavy atom. The SMILES string of the molecule is CCC(CC)N(C)C(=O)C1(C#N)CC(C)C1. The van der Waals surface area contributed by atoms with E-state index in [0.717, 1.165) is 25.7 Å². The predicted octanol–water partition coefficient (Wildman–Crippen LogP) is 2.57. The first-order chi connectivity index (χ1) is 7.50. The Balaban J connectivity index is 2.74. The van der Waals surface area contributed by atoms with Crippen LogP contribution in [-0.2, 0) is 4.79 Å². The third kappa shape index (κ3) is 2.07. The van der Waals surface area contributed by atoms with Crippen LogP contribution >= 0.6 is 0 Å². The van der Waals surface area contributed by atoms with Gasteiger partial charge in [0, 0.05) is 13.1 Å². The highest BCUT2D eigenvalue weighted by Gasteiger charge is 2.50. The quantitative estimate of drug-likeness (QED) is 0.733. The fourth-order valence-corrected chi connectivity index (χ4v) is 2.78. The van der Waals surface area contributed by atoms with Crippen LogP contribution in [0.5, 0.6) is 0 Å². The summed E-state index contributed by atoms with van der Waals surface area (Å²) in [5.74, 6) is 0.542. The van der Waals surface area contributed by atoms with E-state index in [1.807, 2.05) is 7.05 Å². The molecule has 3 heteroatoms. The summed E-state index contributed by atoms with van der Waals surface area (Å²) in [6, 6.07) is 2.51. The zero-order chi connectivity index (χ0) is 12.3. The largest absolute Gasteiger partial charge is 0.341 e. The highest BCUT2D eigenvalue weighted by Crippen LogP contribution is 2.46. The highest BCUT2D eigenvalue weighted by molar-refractivity contribution is 5.86. The van der Waals surface area contributed by atoms with Crippen molar-refractivity contribution in [2.75, 3.05) is 7.05 Å². The zero-order valence-electron chi connectivity index (χ0n) is 10.8. The van der Waals surface area contributed by atoms with Crippen molar-refractivity contribution >= 4 is 5.91 Å². The maximum absolute atomic E-state index is 12.3. The summed E-state index contributed by atoms with van der Waals surface area (Å²) >= 11 is 0. The van der Waals surface area contributed by atoms with E-state index in [0.29, 0.717) is 5.92 Å². The van der Waals surface area contributed by atoms with E-state index in [-0.39, 0.29) is 11.9 Å². The molecule has 0 aromatic rings. The summed E-state index contributed by atoms with van der Waals surface area (Å²) in [5, 5.41) is 9.20. The number of amides is 1. The lowest BCUT2D eigenvalue weighted by Gasteiger charge is -2.43.